The molecule has 2 aromatic carbocycles. The van der Waals surface area contributed by atoms with Crippen molar-refractivity contribution in [2.24, 2.45) is 5.92 Å². The zero-order valence-electron chi connectivity index (χ0n) is 25.4. The number of terminal acetylenes is 1. The largest absolute Gasteiger partial charge is 0.457 e. The summed E-state index contributed by atoms with van der Waals surface area (Å²) in [6, 6.07) is 13.2. The number of hydrogen-bond acceptors (Lipinski definition) is 8. The van der Waals surface area contributed by atoms with Crippen LogP contribution in [0.3, 0.4) is 0 Å². The molecule has 12 heteroatoms. The summed E-state index contributed by atoms with van der Waals surface area (Å²) in [5.41, 5.74) is 2.45. The van der Waals surface area contributed by atoms with Crippen molar-refractivity contribution in [3.05, 3.63) is 54.1 Å². The second-order valence-electron chi connectivity index (χ2n) is 11.6. The number of ether oxygens (including phenoxy) is 3. The number of carbonyl (C=O) groups is 2. The number of carbonyl (C=O) groups excluding carboxylic acids is 2. The molecule has 2 unspecified atom stereocenters. The third kappa shape index (κ3) is 9.35. The number of quaternary nitrogens is 1. The maximum absolute atomic E-state index is 13.7. The molecule has 0 aromatic heterocycles. The Morgan fingerprint density at radius 3 is 2.47 bits per heavy atom. The van der Waals surface area contributed by atoms with Gasteiger partial charge in [-0.1, -0.05) is 44.2 Å². The average molecular weight is 617 g/mol. The fourth-order valence-corrected chi connectivity index (χ4v) is 6.51. The maximum Gasteiger partial charge on any atom is 0.457 e. The highest BCUT2D eigenvalue weighted by atomic mass is 32.2. The van der Waals surface area contributed by atoms with Gasteiger partial charge in [0.25, 0.3) is 5.91 Å². The molecule has 0 saturated carbocycles. The van der Waals surface area contributed by atoms with E-state index in [-0.39, 0.29) is 31.1 Å². The van der Waals surface area contributed by atoms with Crippen molar-refractivity contribution in [3.8, 4) is 23.8 Å². The monoisotopic (exact) mass is 616 g/mol. The fraction of sp³-hybridized carbons (Fsp3) is 0.484. The molecule has 2 amide bonds. The molecule has 0 bridgehead atoms. The topological polar surface area (TPSA) is 131 Å². The first-order chi connectivity index (χ1) is 20.2. The summed E-state index contributed by atoms with van der Waals surface area (Å²) < 4.78 is 42.9. The Morgan fingerprint density at radius 1 is 1.16 bits per heavy atom. The normalized spacial score (nSPS) is 15.5. The van der Waals surface area contributed by atoms with Crippen LogP contribution in [0.25, 0.3) is 0 Å². The third-order valence-corrected chi connectivity index (χ3v) is 8.65. The number of amides is 2. The minimum absolute atomic E-state index is 0.00119. The average Bonchev–Trinajstić information content (AvgIpc) is 3.38. The molecule has 3 atom stereocenters. The summed E-state index contributed by atoms with van der Waals surface area (Å²) in [4.78, 5) is 25.4. The molecule has 2 N–H and O–H groups in total. The van der Waals surface area contributed by atoms with Crippen LogP contribution in [0.1, 0.15) is 59.4 Å². The van der Waals surface area contributed by atoms with Gasteiger partial charge in [-0.2, -0.15) is 5.21 Å². The second-order valence-corrected chi connectivity index (χ2v) is 13.7. The molecule has 1 aliphatic heterocycles. The van der Waals surface area contributed by atoms with E-state index in [9.17, 15) is 23.2 Å². The molecule has 11 nitrogen and oxygen atoms in total. The molecule has 0 aliphatic carbocycles. The molecule has 1 heterocycles. The Bertz CT molecular complexity index is 1420. The quantitative estimate of drug-likeness (QED) is 0.189. The summed E-state index contributed by atoms with van der Waals surface area (Å²) in [7, 11) is -3.88. The zero-order chi connectivity index (χ0) is 31.8. The molecule has 1 aliphatic rings. The van der Waals surface area contributed by atoms with Crippen molar-refractivity contribution >= 4 is 21.8 Å². The van der Waals surface area contributed by atoms with Crippen LogP contribution in [0.15, 0.2) is 53.4 Å². The SMILES string of the molecule is C#CCCC(=O)N(C(CC)Cc1ccccc1)[N+](O)(C[C@@H](C)CS(=O)(=O)c1ccc2c(c1)OCO2)NC(=O)OC(C)(C)C. The van der Waals surface area contributed by atoms with Gasteiger partial charge in [0.05, 0.1) is 16.7 Å². The number of benzene rings is 2. The lowest BCUT2D eigenvalue weighted by molar-refractivity contribution is -1.21. The van der Waals surface area contributed by atoms with Crippen LogP contribution in [-0.2, 0) is 25.8 Å². The van der Waals surface area contributed by atoms with E-state index >= 15 is 0 Å². The summed E-state index contributed by atoms with van der Waals surface area (Å²) in [6.07, 6.45) is 5.25. The molecule has 234 valence electrons. The minimum Gasteiger partial charge on any atom is -0.454 e. The van der Waals surface area contributed by atoms with Crippen molar-refractivity contribution in [1.29, 1.82) is 0 Å². The van der Waals surface area contributed by atoms with E-state index in [0.29, 0.717) is 24.3 Å². The van der Waals surface area contributed by atoms with Crippen molar-refractivity contribution in [2.75, 3.05) is 19.1 Å². The maximum atomic E-state index is 13.7. The van der Waals surface area contributed by atoms with Gasteiger partial charge in [0.15, 0.2) is 27.9 Å². The Balaban J connectivity index is 1.98. The number of fused-ring (bicyclic) bond motifs is 1. The molecular formula is C31H42N3O8S+. The molecule has 43 heavy (non-hydrogen) atoms. The van der Waals surface area contributed by atoms with Gasteiger partial charge < -0.3 is 14.2 Å². The molecule has 0 fully saturated rings. The van der Waals surface area contributed by atoms with Gasteiger partial charge in [0.1, 0.15) is 5.60 Å². The highest BCUT2D eigenvalue weighted by molar-refractivity contribution is 7.91. The van der Waals surface area contributed by atoms with Gasteiger partial charge in [0.2, 0.25) is 6.79 Å². The fourth-order valence-electron chi connectivity index (χ4n) is 4.90. The summed E-state index contributed by atoms with van der Waals surface area (Å²) in [6.45, 7) is 8.11. The van der Waals surface area contributed by atoms with Crippen molar-refractivity contribution in [2.45, 2.75) is 76.8 Å². The second kappa shape index (κ2) is 14.1. The summed E-state index contributed by atoms with van der Waals surface area (Å²) >= 11 is 0. The van der Waals surface area contributed by atoms with Crippen molar-refractivity contribution in [1.82, 2.24) is 10.4 Å². The van der Waals surface area contributed by atoms with E-state index in [4.69, 9.17) is 20.6 Å². The lowest BCUT2D eigenvalue weighted by atomic mass is 10.0. The van der Waals surface area contributed by atoms with E-state index < -0.39 is 50.0 Å². The van der Waals surface area contributed by atoms with Gasteiger partial charge in [-0.15, -0.1) is 22.8 Å². The zero-order valence-corrected chi connectivity index (χ0v) is 26.2. The first-order valence-electron chi connectivity index (χ1n) is 14.2. The van der Waals surface area contributed by atoms with E-state index in [1.165, 1.54) is 23.2 Å². The van der Waals surface area contributed by atoms with Gasteiger partial charge in [-0.25, -0.2) is 13.2 Å². The van der Waals surface area contributed by atoms with E-state index in [1.54, 1.807) is 27.7 Å². The lowest BCUT2D eigenvalue weighted by Crippen LogP contribution is -2.72. The van der Waals surface area contributed by atoms with Gasteiger partial charge in [-0.05, 0) is 51.3 Å². The number of hydrogen-bond donors (Lipinski definition) is 2. The highest BCUT2D eigenvalue weighted by Gasteiger charge is 2.47. The predicted molar refractivity (Wildman–Crippen MR) is 159 cm³/mol. The highest BCUT2D eigenvalue weighted by Crippen LogP contribution is 2.34. The number of nitrogens with zero attached hydrogens (tertiary/aromatic N) is 2. The van der Waals surface area contributed by atoms with Crippen LogP contribution in [0.5, 0.6) is 11.5 Å². The Labute approximate surface area is 254 Å². The van der Waals surface area contributed by atoms with E-state index in [0.717, 1.165) is 5.56 Å². The number of sulfone groups is 1. The standard InChI is InChI=1S/C31H41N3O8S/c1-7-9-15-29(35)33(25(8-2)18-24-13-11-10-12-14-24)34(37,32-30(36)42-31(4,5)6)20-23(3)21-43(38,39)26-16-17-27-28(19-26)41-22-40-27/h1,10-14,16-17,19,23,25,37H,8-9,15,18,20-22H2,2-6H3/p+1/t23-,25?,34?/m1/s1. The number of rotatable bonds is 13. The van der Waals surface area contributed by atoms with Gasteiger partial charge in [0, 0.05) is 29.7 Å². The van der Waals surface area contributed by atoms with Gasteiger partial charge in [-0.3, -0.25) is 4.79 Å². The van der Waals surface area contributed by atoms with Crippen LogP contribution in [-0.4, -0.2) is 66.2 Å². The molecule has 0 radical (unpaired) electrons. The lowest BCUT2D eigenvalue weighted by Gasteiger charge is -2.42. The minimum atomic E-state index is -3.88. The molecule has 3 rings (SSSR count). The van der Waals surface area contributed by atoms with E-state index in [1.807, 2.05) is 37.3 Å². The Hall–Kier alpha value is -3.79. The smallest absolute Gasteiger partial charge is 0.454 e. The molecular weight excluding hydrogens is 574 g/mol. The molecule has 2 aromatic rings. The van der Waals surface area contributed by atoms with Crippen LogP contribution < -0.4 is 14.9 Å². The van der Waals surface area contributed by atoms with Gasteiger partial charge >= 0.3 is 6.09 Å². The van der Waals surface area contributed by atoms with Crippen molar-refractivity contribution < 1.29 is 42.3 Å². The molecule has 0 saturated heterocycles. The van der Waals surface area contributed by atoms with Crippen LogP contribution in [0, 0.1) is 18.3 Å². The Morgan fingerprint density at radius 2 is 1.84 bits per heavy atom. The first kappa shape index (κ1) is 33.7. The predicted octanol–water partition coefficient (Wildman–Crippen LogP) is 4.65. The number of hydroxylamine groups is 1. The van der Waals surface area contributed by atoms with E-state index in [2.05, 4.69) is 11.3 Å². The van der Waals surface area contributed by atoms with Crippen LogP contribution in [0.4, 0.5) is 4.79 Å². The van der Waals surface area contributed by atoms with Crippen LogP contribution >= 0.6 is 0 Å². The third-order valence-electron chi connectivity index (χ3n) is 6.67. The summed E-state index contributed by atoms with van der Waals surface area (Å²) in [5, 5.41) is 13.4. The number of nitrogens with one attached hydrogen (secondary N) is 1. The first-order valence-corrected chi connectivity index (χ1v) is 15.9. The summed E-state index contributed by atoms with van der Waals surface area (Å²) in [5.74, 6) is 1.55. The molecule has 0 spiro atoms. The van der Waals surface area contributed by atoms with Crippen LogP contribution in [0.2, 0.25) is 0 Å². The Kier molecular flexibility index (Phi) is 11.1. The van der Waals surface area contributed by atoms with Crippen molar-refractivity contribution in [3.63, 3.8) is 0 Å².